The van der Waals surface area contributed by atoms with Crippen molar-refractivity contribution in [2.24, 2.45) is 11.5 Å². The summed E-state index contributed by atoms with van der Waals surface area (Å²) < 4.78 is 0. The number of aliphatic hydroxyl groups is 1. The fourth-order valence-electron chi connectivity index (χ4n) is 0.805. The first kappa shape index (κ1) is 8.67. The van der Waals surface area contributed by atoms with Crippen LogP contribution in [0, 0.1) is 0 Å². The third-order valence-corrected chi connectivity index (χ3v) is 2.52. The van der Waals surface area contributed by atoms with E-state index in [2.05, 4.69) is 0 Å². The molecule has 11 heavy (non-hydrogen) atoms. The van der Waals surface area contributed by atoms with Crippen LogP contribution in [0.2, 0.25) is 0 Å². The first-order valence-electron chi connectivity index (χ1n) is 3.41. The van der Waals surface area contributed by atoms with Gasteiger partial charge in [0.2, 0.25) is 0 Å². The van der Waals surface area contributed by atoms with Crippen molar-refractivity contribution >= 4 is 11.3 Å². The monoisotopic (exact) mass is 172 g/mol. The van der Waals surface area contributed by atoms with Crippen molar-refractivity contribution in [3.05, 3.63) is 22.4 Å². The molecule has 0 bridgehead atoms. The van der Waals surface area contributed by atoms with E-state index in [-0.39, 0.29) is 18.7 Å². The Morgan fingerprint density at radius 2 is 2.27 bits per heavy atom. The lowest BCUT2D eigenvalue weighted by Gasteiger charge is -2.15. The Morgan fingerprint density at radius 3 is 2.73 bits per heavy atom. The van der Waals surface area contributed by atoms with Crippen LogP contribution in [-0.4, -0.2) is 17.8 Å². The van der Waals surface area contributed by atoms with Crippen LogP contribution in [0.15, 0.2) is 17.5 Å². The molecule has 4 heteroatoms. The first-order valence-corrected chi connectivity index (χ1v) is 4.29. The number of hydrogen-bond donors (Lipinski definition) is 3. The molecule has 0 aliphatic rings. The van der Waals surface area contributed by atoms with Crippen LogP contribution < -0.4 is 11.5 Å². The van der Waals surface area contributed by atoms with E-state index in [4.69, 9.17) is 16.6 Å². The van der Waals surface area contributed by atoms with E-state index in [0.29, 0.717) is 0 Å². The fraction of sp³-hybridized carbons (Fsp3) is 0.429. The van der Waals surface area contributed by atoms with Crippen molar-refractivity contribution in [1.29, 1.82) is 0 Å². The van der Waals surface area contributed by atoms with Gasteiger partial charge in [0.25, 0.3) is 0 Å². The molecule has 0 spiro atoms. The quantitative estimate of drug-likeness (QED) is 0.604. The molecule has 1 aromatic rings. The Balaban J connectivity index is 2.62. The number of aliphatic hydroxyl groups excluding tert-OH is 1. The molecule has 0 saturated heterocycles. The van der Waals surface area contributed by atoms with Gasteiger partial charge in [0.1, 0.15) is 0 Å². The summed E-state index contributed by atoms with van der Waals surface area (Å²) in [7, 11) is 0. The lowest BCUT2D eigenvalue weighted by Crippen LogP contribution is -2.36. The minimum atomic E-state index is -0.353. The average molecular weight is 172 g/mol. The fourth-order valence-corrected chi connectivity index (χ4v) is 1.61. The average Bonchev–Trinajstić information content (AvgIpc) is 2.53. The second-order valence-electron chi connectivity index (χ2n) is 2.39. The molecule has 0 aliphatic carbocycles. The molecule has 1 aromatic heterocycles. The molecule has 5 N–H and O–H groups in total. The van der Waals surface area contributed by atoms with Gasteiger partial charge >= 0.3 is 0 Å². The van der Waals surface area contributed by atoms with Crippen molar-refractivity contribution < 1.29 is 5.11 Å². The van der Waals surface area contributed by atoms with Gasteiger partial charge in [-0.05, 0) is 11.4 Å². The molecule has 62 valence electrons. The van der Waals surface area contributed by atoms with Gasteiger partial charge in [-0.25, -0.2) is 0 Å². The Bertz CT molecular complexity index is 200. The first-order chi connectivity index (χ1) is 5.25. The van der Waals surface area contributed by atoms with Gasteiger partial charge in [-0.1, -0.05) is 6.07 Å². The molecular formula is C7H12N2OS. The Hall–Kier alpha value is -0.420. The van der Waals surface area contributed by atoms with Gasteiger partial charge in [0, 0.05) is 10.9 Å². The van der Waals surface area contributed by atoms with Gasteiger partial charge in [-0.3, -0.25) is 0 Å². The van der Waals surface area contributed by atoms with Crippen molar-refractivity contribution in [2.45, 2.75) is 12.1 Å². The number of nitrogens with two attached hydrogens (primary N) is 2. The smallest absolute Gasteiger partial charge is 0.0601 e. The Morgan fingerprint density at radius 1 is 1.55 bits per heavy atom. The summed E-state index contributed by atoms with van der Waals surface area (Å²) >= 11 is 1.56. The van der Waals surface area contributed by atoms with Crippen LogP contribution in [0.1, 0.15) is 10.9 Å². The van der Waals surface area contributed by atoms with E-state index in [1.807, 2.05) is 17.5 Å². The highest BCUT2D eigenvalue weighted by molar-refractivity contribution is 7.10. The third kappa shape index (κ3) is 2.00. The van der Waals surface area contributed by atoms with Crippen LogP contribution in [0.5, 0.6) is 0 Å². The molecule has 0 fully saturated rings. The van der Waals surface area contributed by atoms with Crippen LogP contribution >= 0.6 is 11.3 Å². The van der Waals surface area contributed by atoms with Crippen molar-refractivity contribution in [1.82, 2.24) is 0 Å². The van der Waals surface area contributed by atoms with Gasteiger partial charge in [-0.15, -0.1) is 11.3 Å². The topological polar surface area (TPSA) is 72.3 Å². The normalized spacial score (nSPS) is 16.3. The zero-order chi connectivity index (χ0) is 8.27. The molecule has 0 amide bonds. The SMILES string of the molecule is NC(CO)C(N)c1cccs1. The molecule has 3 nitrogen and oxygen atoms in total. The predicted molar refractivity (Wildman–Crippen MR) is 46.3 cm³/mol. The maximum Gasteiger partial charge on any atom is 0.0601 e. The summed E-state index contributed by atoms with van der Waals surface area (Å²) in [6.07, 6.45) is 0. The van der Waals surface area contributed by atoms with Crippen molar-refractivity contribution in [3.8, 4) is 0 Å². The van der Waals surface area contributed by atoms with Crippen molar-refractivity contribution in [2.75, 3.05) is 6.61 Å². The third-order valence-electron chi connectivity index (χ3n) is 1.54. The van der Waals surface area contributed by atoms with Crippen LogP contribution in [0.25, 0.3) is 0 Å². The van der Waals surface area contributed by atoms with Gasteiger partial charge in [-0.2, -0.15) is 0 Å². The lowest BCUT2D eigenvalue weighted by atomic mass is 10.1. The molecule has 2 unspecified atom stereocenters. The lowest BCUT2D eigenvalue weighted by molar-refractivity contribution is 0.250. The molecule has 0 aliphatic heterocycles. The molecule has 1 rings (SSSR count). The molecule has 0 saturated carbocycles. The highest BCUT2D eigenvalue weighted by Crippen LogP contribution is 2.18. The molecule has 0 aromatic carbocycles. The number of rotatable bonds is 3. The summed E-state index contributed by atoms with van der Waals surface area (Å²) in [5, 5.41) is 10.6. The highest BCUT2D eigenvalue weighted by Gasteiger charge is 2.14. The molecular weight excluding hydrogens is 160 g/mol. The van der Waals surface area contributed by atoms with Gasteiger partial charge in [0.05, 0.1) is 12.6 Å². The minimum absolute atomic E-state index is 0.0704. The van der Waals surface area contributed by atoms with E-state index in [1.165, 1.54) is 0 Å². The minimum Gasteiger partial charge on any atom is -0.395 e. The summed E-state index contributed by atoms with van der Waals surface area (Å²) in [6, 6.07) is 3.25. The van der Waals surface area contributed by atoms with E-state index in [1.54, 1.807) is 11.3 Å². The summed E-state index contributed by atoms with van der Waals surface area (Å²) in [4.78, 5) is 1.02. The largest absolute Gasteiger partial charge is 0.395 e. The second kappa shape index (κ2) is 3.82. The van der Waals surface area contributed by atoms with Crippen LogP contribution in [0.4, 0.5) is 0 Å². The van der Waals surface area contributed by atoms with E-state index < -0.39 is 0 Å². The maximum atomic E-state index is 8.70. The van der Waals surface area contributed by atoms with E-state index in [9.17, 15) is 0 Å². The zero-order valence-corrected chi connectivity index (χ0v) is 6.92. The van der Waals surface area contributed by atoms with Gasteiger partial charge < -0.3 is 16.6 Å². The van der Waals surface area contributed by atoms with E-state index in [0.717, 1.165) is 4.88 Å². The summed E-state index contributed by atoms with van der Waals surface area (Å²) in [5.74, 6) is 0. The summed E-state index contributed by atoms with van der Waals surface area (Å²) in [5.41, 5.74) is 11.3. The number of thiophene rings is 1. The number of hydrogen-bond acceptors (Lipinski definition) is 4. The Kier molecular flexibility index (Phi) is 3.02. The predicted octanol–water partition coefficient (Wildman–Crippen LogP) is 0.0675. The van der Waals surface area contributed by atoms with Crippen LogP contribution in [0.3, 0.4) is 0 Å². The standard InChI is InChI=1S/C7H12N2OS/c8-5(4-10)7(9)6-2-1-3-11-6/h1-3,5,7,10H,4,8-9H2. The maximum absolute atomic E-state index is 8.70. The Labute approximate surface area is 69.6 Å². The highest BCUT2D eigenvalue weighted by atomic mass is 32.1. The molecule has 1 heterocycles. The van der Waals surface area contributed by atoms with Crippen LogP contribution in [-0.2, 0) is 0 Å². The van der Waals surface area contributed by atoms with Gasteiger partial charge in [0.15, 0.2) is 0 Å². The molecule has 2 atom stereocenters. The van der Waals surface area contributed by atoms with Crippen molar-refractivity contribution in [3.63, 3.8) is 0 Å². The zero-order valence-electron chi connectivity index (χ0n) is 6.10. The summed E-state index contributed by atoms with van der Waals surface area (Å²) in [6.45, 7) is -0.0704. The second-order valence-corrected chi connectivity index (χ2v) is 3.37. The molecule has 0 radical (unpaired) electrons. The van der Waals surface area contributed by atoms with E-state index >= 15 is 0 Å².